The fourth-order valence-corrected chi connectivity index (χ4v) is 3.59. The Morgan fingerprint density at radius 3 is 2.70 bits per heavy atom. The van der Waals surface area contributed by atoms with Gasteiger partial charge in [0, 0.05) is 18.7 Å². The number of carbonyl (C=O) groups is 1. The van der Waals surface area contributed by atoms with E-state index in [0.29, 0.717) is 42.3 Å². The molecule has 1 unspecified atom stereocenters. The zero-order valence-corrected chi connectivity index (χ0v) is 16.6. The maximum Gasteiger partial charge on any atom is 0.253 e. The van der Waals surface area contributed by atoms with Crippen molar-refractivity contribution in [2.45, 2.75) is 38.7 Å². The SMILES string of the molecule is Cc1cccc(C(=O)N2CCCC(O)(COc3cc(C)ccc3Cl)CC2)c1. The van der Waals surface area contributed by atoms with Gasteiger partial charge in [-0.25, -0.2) is 0 Å². The van der Waals surface area contributed by atoms with Crippen LogP contribution < -0.4 is 4.74 Å². The van der Waals surface area contributed by atoms with Crippen LogP contribution in [0.1, 0.15) is 40.7 Å². The van der Waals surface area contributed by atoms with Crippen molar-refractivity contribution >= 4 is 17.5 Å². The largest absolute Gasteiger partial charge is 0.489 e. The summed E-state index contributed by atoms with van der Waals surface area (Å²) < 4.78 is 5.83. The summed E-state index contributed by atoms with van der Waals surface area (Å²) in [7, 11) is 0. The van der Waals surface area contributed by atoms with E-state index in [9.17, 15) is 9.90 Å². The molecule has 1 aliphatic heterocycles. The van der Waals surface area contributed by atoms with E-state index < -0.39 is 5.60 Å². The minimum absolute atomic E-state index is 0.0191. The smallest absolute Gasteiger partial charge is 0.253 e. The third-order valence-electron chi connectivity index (χ3n) is 5.05. The summed E-state index contributed by atoms with van der Waals surface area (Å²) in [5.74, 6) is 0.604. The van der Waals surface area contributed by atoms with Crippen LogP contribution in [0.2, 0.25) is 5.02 Å². The van der Waals surface area contributed by atoms with Crippen molar-refractivity contribution in [3.05, 3.63) is 64.2 Å². The molecule has 1 saturated heterocycles. The first kappa shape index (κ1) is 19.7. The van der Waals surface area contributed by atoms with Gasteiger partial charge < -0.3 is 14.7 Å². The van der Waals surface area contributed by atoms with Crippen molar-refractivity contribution in [1.29, 1.82) is 0 Å². The number of carbonyl (C=O) groups excluding carboxylic acids is 1. The number of aryl methyl sites for hydroxylation is 2. The fourth-order valence-electron chi connectivity index (χ4n) is 3.42. The standard InChI is InChI=1S/C22H26ClNO3/c1-16-5-3-6-18(13-16)21(25)24-11-4-9-22(26,10-12-24)15-27-20-14-17(2)7-8-19(20)23/h3,5-8,13-14,26H,4,9-12,15H2,1-2H3. The Hall–Kier alpha value is -2.04. The van der Waals surface area contributed by atoms with Crippen LogP contribution in [-0.4, -0.2) is 41.2 Å². The predicted octanol–water partition coefficient (Wildman–Crippen LogP) is 4.39. The van der Waals surface area contributed by atoms with Crippen molar-refractivity contribution in [3.8, 4) is 5.75 Å². The summed E-state index contributed by atoms with van der Waals surface area (Å²) in [6, 6.07) is 13.2. The number of halogens is 1. The van der Waals surface area contributed by atoms with Gasteiger partial charge in [0.15, 0.2) is 0 Å². The molecule has 27 heavy (non-hydrogen) atoms. The predicted molar refractivity (Wildman–Crippen MR) is 108 cm³/mol. The summed E-state index contributed by atoms with van der Waals surface area (Å²) in [6.45, 7) is 5.27. The number of hydrogen-bond donors (Lipinski definition) is 1. The second-order valence-corrected chi connectivity index (χ2v) is 7.87. The highest BCUT2D eigenvalue weighted by molar-refractivity contribution is 6.32. The van der Waals surface area contributed by atoms with Gasteiger partial charge in [-0.3, -0.25) is 4.79 Å². The maximum absolute atomic E-state index is 12.8. The minimum Gasteiger partial charge on any atom is -0.489 e. The van der Waals surface area contributed by atoms with Crippen LogP contribution in [0.4, 0.5) is 0 Å². The zero-order valence-electron chi connectivity index (χ0n) is 15.9. The highest BCUT2D eigenvalue weighted by Gasteiger charge is 2.32. The van der Waals surface area contributed by atoms with Crippen LogP contribution in [0.5, 0.6) is 5.75 Å². The molecule has 1 amide bonds. The lowest BCUT2D eigenvalue weighted by Gasteiger charge is -2.27. The van der Waals surface area contributed by atoms with E-state index in [1.165, 1.54) is 0 Å². The molecule has 144 valence electrons. The monoisotopic (exact) mass is 387 g/mol. The highest BCUT2D eigenvalue weighted by Crippen LogP contribution is 2.29. The van der Waals surface area contributed by atoms with Crippen molar-refractivity contribution in [2.24, 2.45) is 0 Å². The quantitative estimate of drug-likeness (QED) is 0.846. The number of ether oxygens (including phenoxy) is 1. The van der Waals surface area contributed by atoms with E-state index in [1.54, 1.807) is 6.07 Å². The first-order valence-electron chi connectivity index (χ1n) is 9.34. The van der Waals surface area contributed by atoms with Gasteiger partial charge in [0.05, 0.1) is 5.02 Å². The summed E-state index contributed by atoms with van der Waals surface area (Å²) in [5.41, 5.74) is 1.85. The van der Waals surface area contributed by atoms with Crippen LogP contribution in [-0.2, 0) is 0 Å². The molecule has 0 radical (unpaired) electrons. The molecule has 3 rings (SSSR count). The van der Waals surface area contributed by atoms with Crippen molar-refractivity contribution in [2.75, 3.05) is 19.7 Å². The van der Waals surface area contributed by atoms with Crippen LogP contribution in [0.15, 0.2) is 42.5 Å². The number of likely N-dealkylation sites (tertiary alicyclic amines) is 1. The molecule has 0 aromatic heterocycles. The molecule has 4 nitrogen and oxygen atoms in total. The number of amides is 1. The molecule has 1 fully saturated rings. The second kappa shape index (κ2) is 8.32. The van der Waals surface area contributed by atoms with Crippen molar-refractivity contribution in [3.63, 3.8) is 0 Å². The Morgan fingerprint density at radius 2 is 1.93 bits per heavy atom. The molecule has 0 spiro atoms. The lowest BCUT2D eigenvalue weighted by atomic mass is 9.96. The Labute approximate surface area is 165 Å². The van der Waals surface area contributed by atoms with E-state index in [2.05, 4.69) is 0 Å². The Morgan fingerprint density at radius 1 is 1.15 bits per heavy atom. The first-order valence-corrected chi connectivity index (χ1v) is 9.71. The normalized spacial score (nSPS) is 20.2. The van der Waals surface area contributed by atoms with Gasteiger partial charge in [-0.15, -0.1) is 0 Å². The average Bonchev–Trinajstić information content (AvgIpc) is 2.84. The fraction of sp³-hybridized carbons (Fsp3) is 0.409. The van der Waals surface area contributed by atoms with Crippen LogP contribution >= 0.6 is 11.6 Å². The number of benzene rings is 2. The van der Waals surface area contributed by atoms with Crippen LogP contribution in [0, 0.1) is 13.8 Å². The van der Waals surface area contributed by atoms with Gasteiger partial charge in [0.2, 0.25) is 0 Å². The topological polar surface area (TPSA) is 49.8 Å². The van der Waals surface area contributed by atoms with E-state index >= 15 is 0 Å². The molecule has 1 aliphatic rings. The lowest BCUT2D eigenvalue weighted by molar-refractivity contribution is -0.0163. The van der Waals surface area contributed by atoms with Crippen molar-refractivity contribution < 1.29 is 14.6 Å². The summed E-state index contributed by atoms with van der Waals surface area (Å²) in [4.78, 5) is 14.6. The van der Waals surface area contributed by atoms with Gasteiger partial charge in [-0.05, 0) is 62.9 Å². The number of rotatable bonds is 4. The van der Waals surface area contributed by atoms with E-state index in [4.69, 9.17) is 16.3 Å². The van der Waals surface area contributed by atoms with Crippen molar-refractivity contribution in [1.82, 2.24) is 4.90 Å². The van der Waals surface area contributed by atoms with Crippen LogP contribution in [0.25, 0.3) is 0 Å². The Kier molecular flexibility index (Phi) is 6.08. The molecule has 1 N–H and O–H groups in total. The van der Waals surface area contributed by atoms with Gasteiger partial charge in [0.1, 0.15) is 18.0 Å². The second-order valence-electron chi connectivity index (χ2n) is 7.46. The Bertz CT molecular complexity index is 823. The molecule has 1 heterocycles. The molecule has 0 bridgehead atoms. The van der Waals surface area contributed by atoms with E-state index in [-0.39, 0.29) is 12.5 Å². The molecule has 5 heteroatoms. The molecule has 1 atom stereocenters. The van der Waals surface area contributed by atoms with E-state index in [0.717, 1.165) is 17.5 Å². The first-order chi connectivity index (χ1) is 12.9. The molecule has 0 aliphatic carbocycles. The molecule has 2 aromatic carbocycles. The summed E-state index contributed by atoms with van der Waals surface area (Å²) in [5, 5.41) is 11.5. The summed E-state index contributed by atoms with van der Waals surface area (Å²) in [6.07, 6.45) is 1.81. The van der Waals surface area contributed by atoms with Gasteiger partial charge in [0.25, 0.3) is 5.91 Å². The molecule has 0 saturated carbocycles. The summed E-state index contributed by atoms with van der Waals surface area (Å²) >= 11 is 6.18. The minimum atomic E-state index is -0.964. The Balaban J connectivity index is 1.63. The average molecular weight is 388 g/mol. The van der Waals surface area contributed by atoms with Gasteiger partial charge in [-0.1, -0.05) is 35.4 Å². The molecular weight excluding hydrogens is 362 g/mol. The molecule has 2 aromatic rings. The number of aliphatic hydroxyl groups is 1. The lowest BCUT2D eigenvalue weighted by Crippen LogP contribution is -2.38. The number of nitrogens with zero attached hydrogens (tertiary/aromatic N) is 1. The third-order valence-corrected chi connectivity index (χ3v) is 5.36. The third kappa shape index (κ3) is 5.02. The van der Waals surface area contributed by atoms with Gasteiger partial charge in [-0.2, -0.15) is 0 Å². The maximum atomic E-state index is 12.8. The zero-order chi connectivity index (χ0) is 19.4. The number of hydrogen-bond acceptors (Lipinski definition) is 3. The highest BCUT2D eigenvalue weighted by atomic mass is 35.5. The van der Waals surface area contributed by atoms with Crippen LogP contribution in [0.3, 0.4) is 0 Å². The van der Waals surface area contributed by atoms with E-state index in [1.807, 2.05) is 55.1 Å². The molecular formula is C22H26ClNO3. The van der Waals surface area contributed by atoms with Gasteiger partial charge >= 0.3 is 0 Å².